The molecule has 4 atom stereocenters. The zero-order chi connectivity index (χ0) is 18.4. The highest BCUT2D eigenvalue weighted by atomic mass is 35.5. The van der Waals surface area contributed by atoms with Crippen molar-refractivity contribution in [1.29, 1.82) is 0 Å². The smallest absolute Gasteiger partial charge is 0.254 e. The summed E-state index contributed by atoms with van der Waals surface area (Å²) in [5.41, 5.74) is 0.551. The lowest BCUT2D eigenvalue weighted by Gasteiger charge is -2.14. The lowest BCUT2D eigenvalue weighted by Crippen LogP contribution is -2.28. The third-order valence-corrected chi connectivity index (χ3v) is 5.53. The molecule has 1 saturated heterocycles. The van der Waals surface area contributed by atoms with Gasteiger partial charge in [0.2, 0.25) is 0 Å². The summed E-state index contributed by atoms with van der Waals surface area (Å²) in [5.74, 6) is 0.284. The molecule has 2 fully saturated rings. The molecular formula is C19H19ClN2O4. The van der Waals surface area contributed by atoms with E-state index in [1.807, 2.05) is 6.92 Å². The highest BCUT2D eigenvalue weighted by Gasteiger charge is 2.59. The van der Waals surface area contributed by atoms with Gasteiger partial charge in [0, 0.05) is 16.7 Å². The summed E-state index contributed by atoms with van der Waals surface area (Å²) in [4.78, 5) is 25.4. The topological polar surface area (TPSA) is 68.2 Å². The molecule has 2 bridgehead atoms. The number of amides is 2. The van der Waals surface area contributed by atoms with Gasteiger partial charge in [-0.25, -0.2) is 0 Å². The molecule has 7 heteroatoms. The van der Waals surface area contributed by atoms with E-state index in [-0.39, 0.29) is 35.5 Å². The normalized spacial score (nSPS) is 29.1. The predicted octanol–water partition coefficient (Wildman–Crippen LogP) is 2.89. The quantitative estimate of drug-likeness (QED) is 0.451. The zero-order valence-corrected chi connectivity index (χ0v) is 15.3. The van der Waals surface area contributed by atoms with E-state index in [1.54, 1.807) is 12.1 Å². The number of hydrogen-bond donors (Lipinski definition) is 0. The van der Waals surface area contributed by atoms with Crippen LogP contribution in [0.2, 0.25) is 5.02 Å². The van der Waals surface area contributed by atoms with E-state index >= 15 is 0 Å². The van der Waals surface area contributed by atoms with E-state index in [2.05, 4.69) is 17.3 Å². The Kier molecular flexibility index (Phi) is 4.23. The number of fused-ring (bicyclic) bond motifs is 5. The van der Waals surface area contributed by atoms with Crippen molar-refractivity contribution in [2.45, 2.75) is 13.3 Å². The molecule has 1 aromatic rings. The molecule has 2 amide bonds. The van der Waals surface area contributed by atoms with Crippen molar-refractivity contribution in [3.05, 3.63) is 34.9 Å². The van der Waals surface area contributed by atoms with Crippen molar-refractivity contribution in [2.24, 2.45) is 28.8 Å². The molecule has 3 aliphatic rings. The van der Waals surface area contributed by atoms with Crippen LogP contribution in [0.1, 0.15) is 18.9 Å². The van der Waals surface area contributed by atoms with Gasteiger partial charge in [0.1, 0.15) is 0 Å². The first-order valence-electron chi connectivity index (χ1n) is 8.65. The molecule has 0 spiro atoms. The van der Waals surface area contributed by atoms with Crippen LogP contribution in [0, 0.1) is 23.7 Å². The molecule has 4 unspecified atom stereocenters. The minimum atomic E-state index is -0.269. The summed E-state index contributed by atoms with van der Waals surface area (Å²) in [6, 6.07) is 3.31. The van der Waals surface area contributed by atoms with E-state index in [1.165, 1.54) is 13.3 Å². The molecule has 0 aromatic heterocycles. The number of methoxy groups -OCH3 is 1. The number of halogens is 1. The van der Waals surface area contributed by atoms with Gasteiger partial charge in [-0.2, -0.15) is 10.1 Å². The number of benzene rings is 1. The van der Waals surface area contributed by atoms with Crippen LogP contribution in [-0.4, -0.2) is 36.8 Å². The molecule has 1 aromatic carbocycles. The van der Waals surface area contributed by atoms with Gasteiger partial charge in [0.25, 0.3) is 11.8 Å². The fraction of sp³-hybridized carbons (Fsp3) is 0.421. The molecule has 1 aliphatic heterocycles. The first-order valence-corrected chi connectivity index (χ1v) is 9.03. The molecule has 26 heavy (non-hydrogen) atoms. The maximum Gasteiger partial charge on any atom is 0.254 e. The first-order chi connectivity index (χ1) is 12.5. The molecule has 0 radical (unpaired) electrons. The number of hydrazone groups is 1. The average Bonchev–Trinajstić information content (AvgIpc) is 3.30. The predicted molar refractivity (Wildman–Crippen MR) is 96.3 cm³/mol. The Balaban J connectivity index is 1.64. The van der Waals surface area contributed by atoms with Crippen LogP contribution in [0.25, 0.3) is 0 Å². The monoisotopic (exact) mass is 374 g/mol. The van der Waals surface area contributed by atoms with Gasteiger partial charge >= 0.3 is 0 Å². The van der Waals surface area contributed by atoms with Crippen molar-refractivity contribution >= 4 is 29.6 Å². The van der Waals surface area contributed by atoms with Crippen LogP contribution < -0.4 is 9.47 Å². The fourth-order valence-corrected chi connectivity index (χ4v) is 4.47. The SMILES string of the molecule is CCOc1c(C=NN2C(=O)C3C4C=CC(C4)C3C2=O)cc(Cl)cc1OC. The number of allylic oxidation sites excluding steroid dienone is 2. The highest BCUT2D eigenvalue weighted by Crippen LogP contribution is 2.52. The molecule has 136 valence electrons. The van der Waals surface area contributed by atoms with Gasteiger partial charge < -0.3 is 9.47 Å². The maximum absolute atomic E-state index is 12.7. The Bertz CT molecular complexity index is 805. The molecule has 1 saturated carbocycles. The van der Waals surface area contributed by atoms with Crippen molar-refractivity contribution in [2.75, 3.05) is 13.7 Å². The average molecular weight is 375 g/mol. The van der Waals surface area contributed by atoms with Crippen molar-refractivity contribution in [1.82, 2.24) is 5.01 Å². The van der Waals surface area contributed by atoms with Crippen LogP contribution >= 0.6 is 11.6 Å². The van der Waals surface area contributed by atoms with Crippen LogP contribution in [0.5, 0.6) is 11.5 Å². The van der Waals surface area contributed by atoms with Gasteiger partial charge in [-0.15, -0.1) is 0 Å². The number of carbonyl (C=O) groups excluding carboxylic acids is 2. The van der Waals surface area contributed by atoms with Crippen LogP contribution in [0.3, 0.4) is 0 Å². The van der Waals surface area contributed by atoms with E-state index in [4.69, 9.17) is 21.1 Å². The van der Waals surface area contributed by atoms with Gasteiger partial charge in [0.15, 0.2) is 11.5 Å². The number of ether oxygens (including phenoxy) is 2. The van der Waals surface area contributed by atoms with E-state index < -0.39 is 0 Å². The zero-order valence-electron chi connectivity index (χ0n) is 14.5. The van der Waals surface area contributed by atoms with E-state index in [9.17, 15) is 9.59 Å². The Morgan fingerprint density at radius 3 is 2.46 bits per heavy atom. The van der Waals surface area contributed by atoms with Crippen LogP contribution in [0.15, 0.2) is 29.4 Å². The second-order valence-electron chi connectivity index (χ2n) is 6.69. The largest absolute Gasteiger partial charge is 0.493 e. The molecule has 4 rings (SSSR count). The Morgan fingerprint density at radius 1 is 1.23 bits per heavy atom. The third kappa shape index (κ3) is 2.51. The second kappa shape index (κ2) is 6.43. The summed E-state index contributed by atoms with van der Waals surface area (Å²) in [6.45, 7) is 2.28. The summed E-state index contributed by atoms with van der Waals surface area (Å²) < 4.78 is 10.9. The lowest BCUT2D eigenvalue weighted by molar-refractivity contribution is -0.140. The second-order valence-corrected chi connectivity index (χ2v) is 7.13. The Labute approximate surface area is 156 Å². The third-order valence-electron chi connectivity index (χ3n) is 5.32. The number of nitrogens with zero attached hydrogens (tertiary/aromatic N) is 2. The fourth-order valence-electron chi connectivity index (χ4n) is 4.26. The Hall–Kier alpha value is -2.34. The number of carbonyl (C=O) groups is 2. The van der Waals surface area contributed by atoms with Crippen molar-refractivity contribution in [3.63, 3.8) is 0 Å². The van der Waals surface area contributed by atoms with Crippen LogP contribution in [0.4, 0.5) is 0 Å². The number of rotatable bonds is 5. The Morgan fingerprint density at radius 2 is 1.88 bits per heavy atom. The summed E-state index contributed by atoms with van der Waals surface area (Å²) >= 11 is 6.13. The van der Waals surface area contributed by atoms with Gasteiger partial charge in [0.05, 0.1) is 31.8 Å². The minimum absolute atomic E-state index is 0.159. The lowest BCUT2D eigenvalue weighted by atomic mass is 9.85. The summed E-state index contributed by atoms with van der Waals surface area (Å²) in [6.07, 6.45) is 6.44. The number of imide groups is 1. The van der Waals surface area contributed by atoms with Crippen LogP contribution in [-0.2, 0) is 9.59 Å². The standard InChI is InChI=1S/C19H19ClN2O4/c1-3-26-17-12(7-13(20)8-14(17)25-2)9-21-22-18(23)15-10-4-5-11(6-10)16(15)19(22)24/h4-5,7-11,15-16H,3,6H2,1-2H3. The van der Waals surface area contributed by atoms with Gasteiger partial charge in [-0.1, -0.05) is 23.8 Å². The maximum atomic E-state index is 12.7. The van der Waals surface area contributed by atoms with Gasteiger partial charge in [-0.05, 0) is 31.2 Å². The molecule has 6 nitrogen and oxygen atoms in total. The minimum Gasteiger partial charge on any atom is -0.493 e. The van der Waals surface area contributed by atoms with Crippen molar-refractivity contribution in [3.8, 4) is 11.5 Å². The molecule has 1 heterocycles. The molecule has 2 aliphatic carbocycles. The first kappa shape index (κ1) is 17.1. The van der Waals surface area contributed by atoms with Gasteiger partial charge in [-0.3, -0.25) is 9.59 Å². The summed E-state index contributed by atoms with van der Waals surface area (Å²) in [7, 11) is 1.52. The number of hydrogen-bond acceptors (Lipinski definition) is 5. The molecular weight excluding hydrogens is 356 g/mol. The van der Waals surface area contributed by atoms with Crippen molar-refractivity contribution < 1.29 is 19.1 Å². The van der Waals surface area contributed by atoms with E-state index in [0.717, 1.165) is 11.4 Å². The summed E-state index contributed by atoms with van der Waals surface area (Å²) in [5, 5.41) is 5.63. The highest BCUT2D eigenvalue weighted by molar-refractivity contribution is 6.31. The van der Waals surface area contributed by atoms with E-state index in [0.29, 0.717) is 28.7 Å². The molecule has 0 N–H and O–H groups in total.